The highest BCUT2D eigenvalue weighted by molar-refractivity contribution is 9.10. The number of rotatable bonds is 5. The fraction of sp³-hybridized carbons (Fsp3) is 0.263. The molecule has 29 heavy (non-hydrogen) atoms. The maximum atomic E-state index is 12.0. The maximum Gasteiger partial charge on any atom is 0.339 e. The van der Waals surface area contributed by atoms with Gasteiger partial charge in [-0.15, -0.1) is 0 Å². The lowest BCUT2D eigenvalue weighted by Gasteiger charge is -2.26. The van der Waals surface area contributed by atoms with Crippen LogP contribution in [0.4, 0.5) is 11.4 Å². The van der Waals surface area contributed by atoms with E-state index >= 15 is 0 Å². The monoisotopic (exact) mass is 498 g/mol. The second kappa shape index (κ2) is 8.49. The third kappa shape index (κ3) is 4.22. The molecule has 1 aromatic carbocycles. The van der Waals surface area contributed by atoms with Gasteiger partial charge in [-0.1, -0.05) is 39.1 Å². The van der Waals surface area contributed by atoms with E-state index in [1.54, 1.807) is 35.0 Å². The number of carboxylic acid groups (broad SMARTS) is 1. The number of aromatic carboxylic acids is 1. The van der Waals surface area contributed by atoms with Crippen molar-refractivity contribution in [2.75, 3.05) is 31.6 Å². The third-order valence-electron chi connectivity index (χ3n) is 4.73. The number of imidazole rings is 1. The van der Waals surface area contributed by atoms with E-state index in [1.807, 2.05) is 0 Å². The van der Waals surface area contributed by atoms with Crippen molar-refractivity contribution in [1.29, 1.82) is 0 Å². The minimum atomic E-state index is -1.10. The minimum Gasteiger partial charge on any atom is -0.478 e. The van der Waals surface area contributed by atoms with E-state index < -0.39 is 5.97 Å². The molecule has 2 N–H and O–H groups in total. The second-order valence-electron chi connectivity index (χ2n) is 6.62. The normalized spacial score (nSPS) is 15.0. The quantitative estimate of drug-likeness (QED) is 0.530. The molecule has 0 amide bonds. The zero-order chi connectivity index (χ0) is 20.5. The van der Waals surface area contributed by atoms with Crippen molar-refractivity contribution < 1.29 is 14.6 Å². The summed E-state index contributed by atoms with van der Waals surface area (Å²) < 4.78 is 7.93. The molecule has 3 heterocycles. The molecule has 3 aromatic rings. The van der Waals surface area contributed by atoms with Crippen LogP contribution >= 0.6 is 39.1 Å². The first-order chi connectivity index (χ1) is 13.9. The summed E-state index contributed by atoms with van der Waals surface area (Å²) in [4.78, 5) is 18.6. The van der Waals surface area contributed by atoms with Gasteiger partial charge in [0.1, 0.15) is 10.6 Å². The molecule has 1 aliphatic rings. The Bertz CT molecular complexity index is 1080. The van der Waals surface area contributed by atoms with E-state index in [4.69, 9.17) is 27.9 Å². The van der Waals surface area contributed by atoms with Crippen LogP contribution in [0.25, 0.3) is 5.65 Å². The molecule has 1 fully saturated rings. The SMILES string of the molecule is O=C(O)c1cn2c(CN3CCOCC3)cnc2c(Cl)c1Nc1ccc(Br)cc1Cl. The molecule has 0 spiro atoms. The molecule has 4 rings (SSSR count). The van der Waals surface area contributed by atoms with E-state index in [9.17, 15) is 9.90 Å². The molecule has 0 atom stereocenters. The van der Waals surface area contributed by atoms with Crippen LogP contribution < -0.4 is 5.32 Å². The number of hydrogen-bond donors (Lipinski definition) is 2. The number of aromatic nitrogens is 2. The van der Waals surface area contributed by atoms with Gasteiger partial charge < -0.3 is 19.6 Å². The lowest BCUT2D eigenvalue weighted by Crippen LogP contribution is -2.35. The van der Waals surface area contributed by atoms with Gasteiger partial charge in [0.2, 0.25) is 0 Å². The second-order valence-corrected chi connectivity index (χ2v) is 8.32. The summed E-state index contributed by atoms with van der Waals surface area (Å²) in [6, 6.07) is 5.26. The van der Waals surface area contributed by atoms with Gasteiger partial charge in [0.15, 0.2) is 5.65 Å². The van der Waals surface area contributed by atoms with E-state index in [1.165, 1.54) is 0 Å². The van der Waals surface area contributed by atoms with Crippen molar-refractivity contribution in [3.05, 3.63) is 56.4 Å². The van der Waals surface area contributed by atoms with Crippen LogP contribution in [0.2, 0.25) is 10.0 Å². The standard InChI is InChI=1S/C19H17BrCl2N4O3/c20-11-1-2-15(14(21)7-11)24-17-13(19(27)28)10-26-12(8-23-18(26)16(17)22)9-25-3-5-29-6-4-25/h1-2,7-8,10,24H,3-6,9H2,(H,27,28). The Morgan fingerprint density at radius 1 is 1.31 bits per heavy atom. The number of anilines is 2. The van der Waals surface area contributed by atoms with Crippen LogP contribution in [-0.2, 0) is 11.3 Å². The van der Waals surface area contributed by atoms with Gasteiger partial charge >= 0.3 is 5.97 Å². The van der Waals surface area contributed by atoms with Gasteiger partial charge in [0, 0.05) is 30.3 Å². The molecule has 7 nitrogen and oxygen atoms in total. The maximum absolute atomic E-state index is 12.0. The number of morpholine rings is 1. The van der Waals surface area contributed by atoms with Crippen LogP contribution in [0.3, 0.4) is 0 Å². The number of nitrogens with zero attached hydrogens (tertiary/aromatic N) is 3. The van der Waals surface area contributed by atoms with Crippen LogP contribution in [0.1, 0.15) is 16.1 Å². The topological polar surface area (TPSA) is 79.1 Å². The fourth-order valence-electron chi connectivity index (χ4n) is 3.24. The summed E-state index contributed by atoms with van der Waals surface area (Å²) in [5.41, 5.74) is 2.17. The Labute approximate surface area is 185 Å². The minimum absolute atomic E-state index is 0.0303. The zero-order valence-electron chi connectivity index (χ0n) is 15.2. The van der Waals surface area contributed by atoms with Crippen molar-refractivity contribution in [3.63, 3.8) is 0 Å². The first kappa shape index (κ1) is 20.4. The van der Waals surface area contributed by atoms with Crippen molar-refractivity contribution in [2.24, 2.45) is 0 Å². The van der Waals surface area contributed by atoms with Crippen LogP contribution in [-0.4, -0.2) is 51.7 Å². The summed E-state index contributed by atoms with van der Waals surface area (Å²) in [5, 5.41) is 13.5. The molecule has 0 bridgehead atoms. The van der Waals surface area contributed by atoms with Gasteiger partial charge in [-0.3, -0.25) is 4.90 Å². The van der Waals surface area contributed by atoms with Crippen LogP contribution in [0.15, 0.2) is 35.1 Å². The molecule has 0 aliphatic carbocycles. The molecular weight excluding hydrogens is 483 g/mol. The van der Waals surface area contributed by atoms with Crippen molar-refractivity contribution in [3.8, 4) is 0 Å². The molecule has 1 aliphatic heterocycles. The number of halogens is 3. The van der Waals surface area contributed by atoms with Gasteiger partial charge in [0.05, 0.1) is 41.5 Å². The average molecular weight is 500 g/mol. The van der Waals surface area contributed by atoms with E-state index in [0.29, 0.717) is 36.1 Å². The average Bonchev–Trinajstić information content (AvgIpc) is 3.09. The highest BCUT2D eigenvalue weighted by Gasteiger charge is 2.22. The molecule has 0 saturated carbocycles. The Morgan fingerprint density at radius 3 is 2.76 bits per heavy atom. The molecule has 152 valence electrons. The Hall–Kier alpha value is -1.84. The van der Waals surface area contributed by atoms with Crippen molar-refractivity contribution >= 4 is 62.1 Å². The summed E-state index contributed by atoms with van der Waals surface area (Å²) in [6.07, 6.45) is 3.26. The largest absolute Gasteiger partial charge is 0.478 e. The number of nitrogens with one attached hydrogen (secondary N) is 1. The zero-order valence-corrected chi connectivity index (χ0v) is 18.3. The molecule has 2 aromatic heterocycles. The van der Waals surface area contributed by atoms with Gasteiger partial charge in [-0.05, 0) is 18.2 Å². The lowest BCUT2D eigenvalue weighted by molar-refractivity contribution is 0.0335. The lowest BCUT2D eigenvalue weighted by atomic mass is 10.2. The summed E-state index contributed by atoms with van der Waals surface area (Å²) >= 11 is 16.2. The Balaban J connectivity index is 1.75. The highest BCUT2D eigenvalue weighted by Crippen LogP contribution is 2.36. The van der Waals surface area contributed by atoms with E-state index in [0.717, 1.165) is 23.3 Å². The number of carboxylic acids is 1. The van der Waals surface area contributed by atoms with Crippen LogP contribution in [0, 0.1) is 0 Å². The van der Waals surface area contributed by atoms with Gasteiger partial charge in [-0.2, -0.15) is 0 Å². The number of ether oxygens (including phenoxy) is 1. The summed E-state index contributed by atoms with van der Waals surface area (Å²) in [6.45, 7) is 3.62. The predicted octanol–water partition coefficient (Wildman–Crippen LogP) is 4.68. The number of fused-ring (bicyclic) bond motifs is 1. The number of pyridine rings is 1. The first-order valence-corrected chi connectivity index (χ1v) is 10.4. The Morgan fingerprint density at radius 2 is 2.07 bits per heavy atom. The molecule has 0 radical (unpaired) electrons. The summed E-state index contributed by atoms with van der Waals surface area (Å²) in [7, 11) is 0. The predicted molar refractivity (Wildman–Crippen MR) is 116 cm³/mol. The van der Waals surface area contributed by atoms with Gasteiger partial charge in [-0.25, -0.2) is 9.78 Å². The Kier molecular flexibility index (Phi) is 5.98. The number of hydrogen-bond acceptors (Lipinski definition) is 5. The third-order valence-corrected chi connectivity index (χ3v) is 5.89. The van der Waals surface area contributed by atoms with E-state index in [-0.39, 0.29) is 16.3 Å². The van der Waals surface area contributed by atoms with Crippen LogP contribution in [0.5, 0.6) is 0 Å². The smallest absolute Gasteiger partial charge is 0.339 e. The molecule has 0 unspecified atom stereocenters. The number of carbonyl (C=O) groups is 1. The van der Waals surface area contributed by atoms with Gasteiger partial charge in [0.25, 0.3) is 0 Å². The molecule has 10 heteroatoms. The van der Waals surface area contributed by atoms with Crippen molar-refractivity contribution in [1.82, 2.24) is 14.3 Å². The molecular formula is C19H17BrCl2N4O3. The summed E-state index contributed by atoms with van der Waals surface area (Å²) in [5.74, 6) is -1.10. The number of benzene rings is 1. The van der Waals surface area contributed by atoms with Crippen molar-refractivity contribution in [2.45, 2.75) is 6.54 Å². The first-order valence-electron chi connectivity index (χ1n) is 8.88. The molecule has 1 saturated heterocycles. The van der Waals surface area contributed by atoms with E-state index in [2.05, 4.69) is 31.1 Å². The highest BCUT2D eigenvalue weighted by atomic mass is 79.9. The fourth-order valence-corrected chi connectivity index (χ4v) is 4.25.